The topological polar surface area (TPSA) is 76.5 Å². The first kappa shape index (κ1) is 17.5. The van der Waals surface area contributed by atoms with E-state index in [-0.39, 0.29) is 23.8 Å². The maximum absolute atomic E-state index is 12.6. The van der Waals surface area contributed by atoms with E-state index < -0.39 is 0 Å². The van der Waals surface area contributed by atoms with Crippen LogP contribution in [0.1, 0.15) is 44.3 Å². The van der Waals surface area contributed by atoms with Crippen molar-refractivity contribution in [3.63, 3.8) is 0 Å². The number of nitrogens with one attached hydrogen (secondary N) is 1. The molecule has 1 saturated heterocycles. The fourth-order valence-electron chi connectivity index (χ4n) is 4.10. The Hall–Kier alpha value is -1.89. The van der Waals surface area contributed by atoms with E-state index >= 15 is 0 Å². The number of rotatable bonds is 5. The molecule has 2 fully saturated rings. The molecule has 2 amide bonds. The molecular formula is C19H28N4O3. The third kappa shape index (κ3) is 3.77. The molecule has 0 aromatic carbocycles. The average molecular weight is 360 g/mol. The summed E-state index contributed by atoms with van der Waals surface area (Å²) in [6.45, 7) is 5.58. The molecule has 0 bridgehead atoms. The van der Waals surface area contributed by atoms with Gasteiger partial charge >= 0.3 is 0 Å². The summed E-state index contributed by atoms with van der Waals surface area (Å²) in [6, 6.07) is 1.87. The number of carbonyl (C=O) groups excluding carboxylic acids is 2. The number of carbonyl (C=O) groups is 2. The van der Waals surface area contributed by atoms with Crippen LogP contribution in [0, 0.1) is 17.8 Å². The summed E-state index contributed by atoms with van der Waals surface area (Å²) in [5, 5.41) is 7.46. The number of aromatic nitrogens is 2. The molecule has 0 spiro atoms. The fourth-order valence-corrected chi connectivity index (χ4v) is 4.10. The normalized spacial score (nSPS) is 28.5. The first-order chi connectivity index (χ1) is 12.6. The van der Waals surface area contributed by atoms with Crippen molar-refractivity contribution in [2.45, 2.75) is 45.2 Å². The van der Waals surface area contributed by atoms with Gasteiger partial charge in [0.2, 0.25) is 11.8 Å². The van der Waals surface area contributed by atoms with Crippen molar-refractivity contribution >= 4 is 11.8 Å². The molecule has 7 nitrogen and oxygen atoms in total. The van der Waals surface area contributed by atoms with Gasteiger partial charge in [-0.2, -0.15) is 5.10 Å². The molecule has 2 aliphatic heterocycles. The Morgan fingerprint density at radius 2 is 2.12 bits per heavy atom. The standard InChI is InChI=1S/C19H28N4O3/c1-13-8-17(13)19(25)22-11-15-2-5-21-23(15)16(12-22)9-18(24)20-10-14-3-6-26-7-4-14/h2,5,13-14,16-17H,3-4,6-12H2,1H3,(H,20,24)/t13-,16-,17-/m1/s1. The zero-order chi connectivity index (χ0) is 18.1. The van der Waals surface area contributed by atoms with E-state index in [2.05, 4.69) is 17.3 Å². The minimum absolute atomic E-state index is 0.0389. The van der Waals surface area contributed by atoms with Crippen LogP contribution in [0.15, 0.2) is 12.3 Å². The highest BCUT2D eigenvalue weighted by molar-refractivity contribution is 5.82. The van der Waals surface area contributed by atoms with E-state index in [0.717, 1.165) is 38.2 Å². The first-order valence-corrected chi connectivity index (χ1v) is 9.77. The van der Waals surface area contributed by atoms with Gasteiger partial charge in [-0.25, -0.2) is 0 Å². The highest BCUT2D eigenvalue weighted by atomic mass is 16.5. The van der Waals surface area contributed by atoms with E-state index in [1.54, 1.807) is 6.20 Å². The predicted molar refractivity (Wildman–Crippen MR) is 95.1 cm³/mol. The molecule has 3 heterocycles. The number of amides is 2. The van der Waals surface area contributed by atoms with Crippen molar-refractivity contribution in [3.05, 3.63) is 18.0 Å². The Morgan fingerprint density at radius 3 is 2.85 bits per heavy atom. The van der Waals surface area contributed by atoms with Crippen LogP contribution in [0.5, 0.6) is 0 Å². The average Bonchev–Trinajstić information content (AvgIpc) is 3.18. The zero-order valence-electron chi connectivity index (χ0n) is 15.4. The van der Waals surface area contributed by atoms with E-state index in [9.17, 15) is 9.59 Å². The minimum Gasteiger partial charge on any atom is -0.381 e. The Bertz CT molecular complexity index is 667. The van der Waals surface area contributed by atoms with Crippen LogP contribution in [-0.2, 0) is 20.9 Å². The van der Waals surface area contributed by atoms with Gasteiger partial charge in [0.15, 0.2) is 0 Å². The lowest BCUT2D eigenvalue weighted by Crippen LogP contribution is -2.44. The van der Waals surface area contributed by atoms with Crippen LogP contribution in [0.25, 0.3) is 0 Å². The number of hydrogen-bond donors (Lipinski definition) is 1. The van der Waals surface area contributed by atoms with Gasteiger partial charge in [0.05, 0.1) is 24.7 Å². The number of nitrogens with zero attached hydrogens (tertiary/aromatic N) is 3. The van der Waals surface area contributed by atoms with Gasteiger partial charge in [0.1, 0.15) is 0 Å². The molecule has 0 unspecified atom stereocenters. The van der Waals surface area contributed by atoms with Gasteiger partial charge in [0, 0.05) is 38.4 Å². The van der Waals surface area contributed by atoms with Crippen LogP contribution in [0.4, 0.5) is 0 Å². The van der Waals surface area contributed by atoms with Crippen LogP contribution in [-0.4, -0.2) is 52.8 Å². The van der Waals surface area contributed by atoms with Crippen LogP contribution in [0.3, 0.4) is 0 Å². The van der Waals surface area contributed by atoms with E-state index in [1.165, 1.54) is 0 Å². The molecule has 1 aromatic rings. The zero-order valence-corrected chi connectivity index (χ0v) is 15.4. The number of fused-ring (bicyclic) bond motifs is 1. The van der Waals surface area contributed by atoms with Crippen molar-refractivity contribution in [2.75, 3.05) is 26.3 Å². The Kier molecular flexibility index (Phi) is 4.98. The molecule has 1 aromatic heterocycles. The third-order valence-electron chi connectivity index (χ3n) is 5.97. The van der Waals surface area contributed by atoms with E-state index in [4.69, 9.17) is 4.74 Å². The second-order valence-electron chi connectivity index (χ2n) is 8.02. The van der Waals surface area contributed by atoms with Gasteiger partial charge in [-0.1, -0.05) is 6.92 Å². The summed E-state index contributed by atoms with van der Waals surface area (Å²) in [7, 11) is 0. The van der Waals surface area contributed by atoms with Crippen molar-refractivity contribution in [3.8, 4) is 0 Å². The van der Waals surface area contributed by atoms with Crippen molar-refractivity contribution < 1.29 is 14.3 Å². The molecule has 3 atom stereocenters. The summed E-state index contributed by atoms with van der Waals surface area (Å²) in [4.78, 5) is 27.0. The Balaban J connectivity index is 1.35. The second-order valence-corrected chi connectivity index (χ2v) is 8.02. The summed E-state index contributed by atoms with van der Waals surface area (Å²) in [5.41, 5.74) is 1.01. The van der Waals surface area contributed by atoms with Gasteiger partial charge in [-0.05, 0) is 37.2 Å². The van der Waals surface area contributed by atoms with Gasteiger partial charge in [-0.15, -0.1) is 0 Å². The second kappa shape index (κ2) is 7.39. The highest BCUT2D eigenvalue weighted by Crippen LogP contribution is 2.40. The lowest BCUT2D eigenvalue weighted by molar-refractivity contribution is -0.136. The SMILES string of the molecule is C[C@@H]1C[C@H]1C(=O)N1Cc2ccnn2[C@H](CC(=O)NCC2CCOCC2)C1. The largest absolute Gasteiger partial charge is 0.381 e. The van der Waals surface area contributed by atoms with Crippen LogP contribution < -0.4 is 5.32 Å². The third-order valence-corrected chi connectivity index (χ3v) is 5.97. The fraction of sp³-hybridized carbons (Fsp3) is 0.737. The lowest BCUT2D eigenvalue weighted by Gasteiger charge is -2.34. The van der Waals surface area contributed by atoms with Crippen LogP contribution in [0.2, 0.25) is 0 Å². The molecule has 0 radical (unpaired) electrons. The summed E-state index contributed by atoms with van der Waals surface area (Å²) in [6.07, 6.45) is 5.13. The minimum atomic E-state index is -0.0820. The van der Waals surface area contributed by atoms with E-state index in [0.29, 0.717) is 37.9 Å². The molecule has 1 saturated carbocycles. The molecule has 142 valence electrons. The molecule has 7 heteroatoms. The molecule has 26 heavy (non-hydrogen) atoms. The Morgan fingerprint density at radius 1 is 1.35 bits per heavy atom. The molecule has 1 N–H and O–H groups in total. The van der Waals surface area contributed by atoms with Crippen molar-refractivity contribution in [1.29, 1.82) is 0 Å². The maximum atomic E-state index is 12.6. The van der Waals surface area contributed by atoms with Crippen molar-refractivity contribution in [2.24, 2.45) is 17.8 Å². The molecular weight excluding hydrogens is 332 g/mol. The first-order valence-electron chi connectivity index (χ1n) is 9.77. The predicted octanol–water partition coefficient (Wildman–Crippen LogP) is 1.36. The molecule has 1 aliphatic carbocycles. The monoisotopic (exact) mass is 360 g/mol. The lowest BCUT2D eigenvalue weighted by atomic mass is 10.0. The highest BCUT2D eigenvalue weighted by Gasteiger charge is 2.43. The summed E-state index contributed by atoms with van der Waals surface area (Å²) >= 11 is 0. The number of ether oxygens (including phenoxy) is 1. The van der Waals surface area contributed by atoms with Gasteiger partial charge in [-0.3, -0.25) is 14.3 Å². The summed E-state index contributed by atoms with van der Waals surface area (Å²) in [5.74, 6) is 1.45. The van der Waals surface area contributed by atoms with E-state index in [1.807, 2.05) is 15.6 Å². The van der Waals surface area contributed by atoms with Crippen LogP contribution >= 0.6 is 0 Å². The van der Waals surface area contributed by atoms with Gasteiger partial charge < -0.3 is 15.0 Å². The van der Waals surface area contributed by atoms with Gasteiger partial charge in [0.25, 0.3) is 0 Å². The smallest absolute Gasteiger partial charge is 0.226 e. The quantitative estimate of drug-likeness (QED) is 0.860. The summed E-state index contributed by atoms with van der Waals surface area (Å²) < 4.78 is 7.29. The molecule has 4 rings (SSSR count). The maximum Gasteiger partial charge on any atom is 0.226 e. The Labute approximate surface area is 154 Å². The van der Waals surface area contributed by atoms with Crippen molar-refractivity contribution in [1.82, 2.24) is 20.0 Å². The number of hydrogen-bond acceptors (Lipinski definition) is 4. The molecule has 3 aliphatic rings.